The summed E-state index contributed by atoms with van der Waals surface area (Å²) in [6.07, 6.45) is 0. The molecular formula is C16H19NO. The Labute approximate surface area is 108 Å². The minimum atomic E-state index is -0.0866. The van der Waals surface area contributed by atoms with Gasteiger partial charge < -0.3 is 10.5 Å². The van der Waals surface area contributed by atoms with E-state index >= 15 is 0 Å². The molecule has 0 fully saturated rings. The van der Waals surface area contributed by atoms with E-state index in [-0.39, 0.29) is 6.04 Å². The summed E-state index contributed by atoms with van der Waals surface area (Å²) in [5, 5.41) is 0. The number of hydrogen-bond donors (Lipinski definition) is 1. The molecule has 0 saturated carbocycles. The average Bonchev–Trinajstić information content (AvgIpc) is 2.38. The minimum absolute atomic E-state index is 0.0866. The van der Waals surface area contributed by atoms with Gasteiger partial charge in [-0.2, -0.15) is 0 Å². The molecule has 0 aliphatic heterocycles. The van der Waals surface area contributed by atoms with E-state index in [0.29, 0.717) is 0 Å². The van der Waals surface area contributed by atoms with E-state index in [1.165, 1.54) is 5.56 Å². The number of methoxy groups -OCH3 is 1. The van der Waals surface area contributed by atoms with Gasteiger partial charge in [0.15, 0.2) is 0 Å². The smallest absolute Gasteiger partial charge is 0.119 e. The first-order chi connectivity index (χ1) is 8.61. The third-order valence-corrected chi connectivity index (χ3v) is 3.25. The van der Waals surface area contributed by atoms with E-state index in [9.17, 15) is 0 Å². The second-order valence-corrected chi connectivity index (χ2v) is 4.61. The lowest BCUT2D eigenvalue weighted by Crippen LogP contribution is -2.13. The monoisotopic (exact) mass is 241 g/mol. The predicted octanol–water partition coefficient (Wildman–Crippen LogP) is 3.36. The second kappa shape index (κ2) is 5.23. The molecule has 2 aromatic rings. The van der Waals surface area contributed by atoms with Crippen molar-refractivity contribution >= 4 is 0 Å². The molecule has 0 aliphatic carbocycles. The summed E-state index contributed by atoms with van der Waals surface area (Å²) in [7, 11) is 1.67. The number of nitrogens with two attached hydrogens (primary N) is 1. The van der Waals surface area contributed by atoms with E-state index in [4.69, 9.17) is 10.5 Å². The molecule has 2 aromatic carbocycles. The Balaban J connectivity index is 2.33. The van der Waals surface area contributed by atoms with Crippen LogP contribution in [0.1, 0.15) is 28.3 Å². The van der Waals surface area contributed by atoms with Crippen LogP contribution in [0.15, 0.2) is 42.5 Å². The fraction of sp³-hybridized carbons (Fsp3) is 0.250. The lowest BCUT2D eigenvalue weighted by atomic mass is 9.95. The molecule has 2 rings (SSSR count). The molecule has 1 atom stereocenters. The summed E-state index contributed by atoms with van der Waals surface area (Å²) in [4.78, 5) is 0. The van der Waals surface area contributed by atoms with Gasteiger partial charge in [-0.25, -0.2) is 0 Å². The number of hydrogen-bond acceptors (Lipinski definition) is 2. The minimum Gasteiger partial charge on any atom is -0.497 e. The maximum absolute atomic E-state index is 6.32. The molecule has 0 aromatic heterocycles. The van der Waals surface area contributed by atoms with Crippen LogP contribution in [-0.4, -0.2) is 7.11 Å². The largest absolute Gasteiger partial charge is 0.497 e. The van der Waals surface area contributed by atoms with Gasteiger partial charge in [0.25, 0.3) is 0 Å². The molecule has 1 unspecified atom stereocenters. The molecular weight excluding hydrogens is 222 g/mol. The maximum Gasteiger partial charge on any atom is 0.119 e. The van der Waals surface area contributed by atoms with Gasteiger partial charge in [-0.15, -0.1) is 0 Å². The molecule has 0 bridgehead atoms. The van der Waals surface area contributed by atoms with Gasteiger partial charge in [-0.3, -0.25) is 0 Å². The summed E-state index contributed by atoms with van der Waals surface area (Å²) < 4.78 is 5.21. The lowest BCUT2D eigenvalue weighted by molar-refractivity contribution is 0.414. The van der Waals surface area contributed by atoms with Gasteiger partial charge in [-0.05, 0) is 42.7 Å². The molecule has 2 N–H and O–H groups in total. The standard InChI is InChI=1S/C16H19NO/c1-11-4-6-13(7-5-11)16(17)15-9-8-14(18-3)10-12(15)2/h4-10,16H,17H2,1-3H3. The van der Waals surface area contributed by atoms with Crippen LogP contribution in [0.25, 0.3) is 0 Å². The quantitative estimate of drug-likeness (QED) is 0.894. The number of ether oxygens (including phenoxy) is 1. The Hall–Kier alpha value is -1.80. The van der Waals surface area contributed by atoms with Crippen LogP contribution >= 0.6 is 0 Å². The first kappa shape index (κ1) is 12.7. The van der Waals surface area contributed by atoms with E-state index in [0.717, 1.165) is 22.4 Å². The SMILES string of the molecule is COc1ccc(C(N)c2ccc(C)cc2)c(C)c1. The zero-order chi connectivity index (χ0) is 13.1. The van der Waals surface area contributed by atoms with E-state index < -0.39 is 0 Å². The van der Waals surface area contributed by atoms with Crippen LogP contribution in [0.5, 0.6) is 5.75 Å². The molecule has 18 heavy (non-hydrogen) atoms. The second-order valence-electron chi connectivity index (χ2n) is 4.61. The first-order valence-electron chi connectivity index (χ1n) is 6.08. The van der Waals surface area contributed by atoms with Crippen LogP contribution in [0.3, 0.4) is 0 Å². The van der Waals surface area contributed by atoms with Gasteiger partial charge in [0.05, 0.1) is 13.2 Å². The highest BCUT2D eigenvalue weighted by Gasteiger charge is 2.11. The topological polar surface area (TPSA) is 35.2 Å². The zero-order valence-corrected chi connectivity index (χ0v) is 11.1. The van der Waals surface area contributed by atoms with Crippen molar-refractivity contribution in [2.75, 3.05) is 7.11 Å². The number of benzene rings is 2. The third kappa shape index (κ3) is 2.54. The number of rotatable bonds is 3. The highest BCUT2D eigenvalue weighted by Crippen LogP contribution is 2.25. The molecule has 2 heteroatoms. The van der Waals surface area contributed by atoms with Crippen LogP contribution in [0, 0.1) is 13.8 Å². The summed E-state index contributed by atoms with van der Waals surface area (Å²) >= 11 is 0. The molecule has 0 saturated heterocycles. The van der Waals surface area contributed by atoms with Gasteiger partial charge in [0.2, 0.25) is 0 Å². The van der Waals surface area contributed by atoms with Crippen molar-refractivity contribution in [3.05, 3.63) is 64.7 Å². The highest BCUT2D eigenvalue weighted by molar-refractivity contribution is 5.41. The van der Waals surface area contributed by atoms with Gasteiger partial charge in [0, 0.05) is 0 Å². The summed E-state index contributed by atoms with van der Waals surface area (Å²) in [5.41, 5.74) is 11.0. The Bertz CT molecular complexity index is 531. The average molecular weight is 241 g/mol. The summed E-state index contributed by atoms with van der Waals surface area (Å²) in [6.45, 7) is 4.14. The van der Waals surface area contributed by atoms with Crippen molar-refractivity contribution in [3.63, 3.8) is 0 Å². The highest BCUT2D eigenvalue weighted by atomic mass is 16.5. The Morgan fingerprint density at radius 3 is 2.22 bits per heavy atom. The van der Waals surface area contributed by atoms with Crippen LogP contribution in [0.4, 0.5) is 0 Å². The fourth-order valence-electron chi connectivity index (χ4n) is 2.08. The van der Waals surface area contributed by atoms with E-state index in [2.05, 4.69) is 38.1 Å². The molecule has 0 spiro atoms. The molecule has 0 aliphatic rings. The van der Waals surface area contributed by atoms with Crippen molar-refractivity contribution in [1.82, 2.24) is 0 Å². The number of aryl methyl sites for hydroxylation is 2. The molecule has 94 valence electrons. The molecule has 2 nitrogen and oxygen atoms in total. The van der Waals surface area contributed by atoms with Crippen LogP contribution in [-0.2, 0) is 0 Å². The molecule has 0 heterocycles. The Kier molecular flexibility index (Phi) is 3.68. The molecule has 0 radical (unpaired) electrons. The normalized spacial score (nSPS) is 12.2. The molecule has 0 amide bonds. The fourth-order valence-corrected chi connectivity index (χ4v) is 2.08. The Morgan fingerprint density at radius 2 is 1.67 bits per heavy atom. The van der Waals surface area contributed by atoms with Crippen molar-refractivity contribution in [1.29, 1.82) is 0 Å². The van der Waals surface area contributed by atoms with Crippen molar-refractivity contribution < 1.29 is 4.74 Å². The lowest BCUT2D eigenvalue weighted by Gasteiger charge is -2.16. The van der Waals surface area contributed by atoms with Crippen molar-refractivity contribution in [3.8, 4) is 5.75 Å². The van der Waals surface area contributed by atoms with Gasteiger partial charge in [0.1, 0.15) is 5.75 Å². The zero-order valence-electron chi connectivity index (χ0n) is 11.1. The summed E-state index contributed by atoms with van der Waals surface area (Å²) in [6, 6.07) is 14.3. The van der Waals surface area contributed by atoms with Gasteiger partial charge in [-0.1, -0.05) is 35.9 Å². The predicted molar refractivity (Wildman–Crippen MR) is 74.9 cm³/mol. The third-order valence-electron chi connectivity index (χ3n) is 3.25. The first-order valence-corrected chi connectivity index (χ1v) is 6.08. The Morgan fingerprint density at radius 1 is 1.00 bits per heavy atom. The maximum atomic E-state index is 6.32. The van der Waals surface area contributed by atoms with Crippen molar-refractivity contribution in [2.45, 2.75) is 19.9 Å². The van der Waals surface area contributed by atoms with E-state index in [1.54, 1.807) is 7.11 Å². The van der Waals surface area contributed by atoms with Crippen molar-refractivity contribution in [2.24, 2.45) is 5.73 Å². The van der Waals surface area contributed by atoms with Crippen LogP contribution < -0.4 is 10.5 Å². The van der Waals surface area contributed by atoms with Crippen LogP contribution in [0.2, 0.25) is 0 Å². The van der Waals surface area contributed by atoms with Gasteiger partial charge >= 0.3 is 0 Å². The van der Waals surface area contributed by atoms with E-state index in [1.807, 2.05) is 18.2 Å². The summed E-state index contributed by atoms with van der Waals surface area (Å²) in [5.74, 6) is 0.868.